The van der Waals surface area contributed by atoms with Crippen molar-refractivity contribution in [2.45, 2.75) is 67.7 Å². The molecule has 0 saturated carbocycles. The first-order valence-electron chi connectivity index (χ1n) is 10.9. The number of benzene rings is 1. The molecule has 0 nitrogen and oxygen atoms in total. The molecule has 0 saturated heterocycles. The molecule has 3 aliphatic carbocycles. The summed E-state index contributed by atoms with van der Waals surface area (Å²) in [6, 6.07) is 6.89. The molecule has 29 heavy (non-hydrogen) atoms. The number of hydrogen-bond acceptors (Lipinski definition) is 0. The van der Waals surface area contributed by atoms with E-state index < -0.39 is 0 Å². The SMILES string of the molecule is C.CC=CC1(C)C(C(C)C)=C2C3=C(C=CCC31)C(C)(C)c1cccc(/C=C\C)c12. The lowest BCUT2D eigenvalue weighted by Crippen LogP contribution is -2.31. The molecule has 0 spiro atoms. The van der Waals surface area contributed by atoms with E-state index in [1.165, 1.54) is 22.3 Å². The molecule has 0 bridgehead atoms. The van der Waals surface area contributed by atoms with Gasteiger partial charge in [-0.25, -0.2) is 0 Å². The summed E-state index contributed by atoms with van der Waals surface area (Å²) < 4.78 is 0. The van der Waals surface area contributed by atoms with Crippen LogP contribution in [0.25, 0.3) is 11.6 Å². The second-order valence-corrected chi connectivity index (χ2v) is 9.64. The Morgan fingerprint density at radius 3 is 2.41 bits per heavy atom. The highest BCUT2D eigenvalue weighted by atomic mass is 14.6. The fraction of sp³-hybridized carbons (Fsp3) is 0.448. The van der Waals surface area contributed by atoms with Crippen molar-refractivity contribution in [1.29, 1.82) is 0 Å². The van der Waals surface area contributed by atoms with Crippen molar-refractivity contribution in [3.05, 3.63) is 82.0 Å². The first kappa shape index (κ1) is 21.6. The second kappa shape index (κ2) is 7.31. The van der Waals surface area contributed by atoms with Crippen molar-refractivity contribution in [3.8, 4) is 0 Å². The van der Waals surface area contributed by atoms with Gasteiger partial charge in [-0.1, -0.05) is 96.7 Å². The van der Waals surface area contributed by atoms with Gasteiger partial charge in [-0.2, -0.15) is 0 Å². The molecule has 1 aromatic carbocycles. The third-order valence-electron chi connectivity index (χ3n) is 7.27. The zero-order valence-corrected chi connectivity index (χ0v) is 18.6. The summed E-state index contributed by atoms with van der Waals surface area (Å²) >= 11 is 0. The van der Waals surface area contributed by atoms with Crippen LogP contribution in [-0.4, -0.2) is 0 Å². The summed E-state index contributed by atoms with van der Waals surface area (Å²) in [5.74, 6) is 1.06. The van der Waals surface area contributed by atoms with Crippen LogP contribution in [-0.2, 0) is 5.41 Å². The number of fused-ring (bicyclic) bond motifs is 2. The van der Waals surface area contributed by atoms with E-state index in [1.54, 1.807) is 16.7 Å². The fourth-order valence-corrected chi connectivity index (χ4v) is 6.28. The van der Waals surface area contributed by atoms with Crippen LogP contribution < -0.4 is 0 Å². The second-order valence-electron chi connectivity index (χ2n) is 9.64. The van der Waals surface area contributed by atoms with Crippen molar-refractivity contribution in [2.75, 3.05) is 0 Å². The molecule has 3 aliphatic rings. The van der Waals surface area contributed by atoms with Crippen LogP contribution in [0.3, 0.4) is 0 Å². The minimum atomic E-state index is 0. The quantitative estimate of drug-likeness (QED) is 0.457. The van der Waals surface area contributed by atoms with Crippen LogP contribution in [0.2, 0.25) is 0 Å². The van der Waals surface area contributed by atoms with Gasteiger partial charge in [-0.3, -0.25) is 0 Å². The van der Waals surface area contributed by atoms with Gasteiger partial charge >= 0.3 is 0 Å². The van der Waals surface area contributed by atoms with E-state index in [9.17, 15) is 0 Å². The highest BCUT2D eigenvalue weighted by Crippen LogP contribution is 2.65. The lowest BCUT2D eigenvalue weighted by Gasteiger charge is -2.41. The lowest BCUT2D eigenvalue weighted by atomic mass is 9.62. The van der Waals surface area contributed by atoms with E-state index in [4.69, 9.17) is 0 Å². The third kappa shape index (κ3) is 2.79. The van der Waals surface area contributed by atoms with Gasteiger partial charge in [0.15, 0.2) is 0 Å². The largest absolute Gasteiger partial charge is 0.0908 e. The first-order chi connectivity index (χ1) is 13.3. The number of allylic oxidation sites excluding steroid dienone is 9. The van der Waals surface area contributed by atoms with Crippen LogP contribution in [0.5, 0.6) is 0 Å². The van der Waals surface area contributed by atoms with Gasteiger partial charge < -0.3 is 0 Å². The van der Waals surface area contributed by atoms with Gasteiger partial charge in [0.25, 0.3) is 0 Å². The Morgan fingerprint density at radius 1 is 1.07 bits per heavy atom. The highest BCUT2D eigenvalue weighted by Gasteiger charge is 2.52. The zero-order chi connectivity index (χ0) is 20.3. The van der Waals surface area contributed by atoms with Gasteiger partial charge in [0.05, 0.1) is 0 Å². The topological polar surface area (TPSA) is 0 Å². The molecular weight excluding hydrogens is 348 g/mol. The molecule has 0 radical (unpaired) electrons. The van der Waals surface area contributed by atoms with Crippen LogP contribution in [0.1, 0.15) is 79.0 Å². The minimum absolute atomic E-state index is 0. The summed E-state index contributed by atoms with van der Waals surface area (Å²) in [6.45, 7) is 16.4. The first-order valence-corrected chi connectivity index (χ1v) is 10.9. The third-order valence-corrected chi connectivity index (χ3v) is 7.27. The predicted octanol–water partition coefficient (Wildman–Crippen LogP) is 8.53. The molecular formula is C29H38. The van der Waals surface area contributed by atoms with Crippen molar-refractivity contribution in [1.82, 2.24) is 0 Å². The van der Waals surface area contributed by atoms with Crippen molar-refractivity contribution >= 4 is 11.6 Å². The van der Waals surface area contributed by atoms with Crippen LogP contribution in [0.15, 0.2) is 65.3 Å². The zero-order valence-electron chi connectivity index (χ0n) is 18.6. The molecule has 2 unspecified atom stereocenters. The summed E-state index contributed by atoms with van der Waals surface area (Å²) in [5, 5.41) is 0. The molecule has 0 aromatic heterocycles. The van der Waals surface area contributed by atoms with Crippen molar-refractivity contribution in [3.63, 3.8) is 0 Å². The Morgan fingerprint density at radius 2 is 1.79 bits per heavy atom. The number of hydrogen-bond donors (Lipinski definition) is 0. The van der Waals surface area contributed by atoms with Gasteiger partial charge in [0, 0.05) is 16.7 Å². The standard InChI is InChI=1S/C28H34.CH4/c1-8-12-19-13-10-14-20-23(19)25-24-21(27(20,5)6)15-11-16-22(24)28(7,17-9-2)26(25)18(3)4;/h8-15,17-18,22H,16H2,1-7H3;1H4/b12-8-,17-9?;. The Kier molecular flexibility index (Phi) is 5.45. The molecule has 0 heterocycles. The monoisotopic (exact) mass is 386 g/mol. The Hall–Kier alpha value is -2.08. The molecule has 0 aliphatic heterocycles. The van der Waals surface area contributed by atoms with Crippen LogP contribution in [0, 0.1) is 17.3 Å². The smallest absolute Gasteiger partial charge is 0.0155 e. The summed E-state index contributed by atoms with van der Waals surface area (Å²) in [5.41, 5.74) is 10.8. The Bertz CT molecular complexity index is 971. The molecule has 154 valence electrons. The molecule has 4 rings (SSSR count). The lowest BCUT2D eigenvalue weighted by molar-refractivity contribution is 0.350. The average Bonchev–Trinajstić information content (AvgIpc) is 2.90. The fourth-order valence-electron chi connectivity index (χ4n) is 6.28. The Balaban J connectivity index is 0.00000240. The molecule has 0 heteroatoms. The van der Waals surface area contributed by atoms with Gasteiger partial charge in [-0.15, -0.1) is 0 Å². The summed E-state index contributed by atoms with van der Waals surface area (Å²) in [4.78, 5) is 0. The molecule has 2 atom stereocenters. The molecule has 0 fully saturated rings. The summed E-state index contributed by atoms with van der Waals surface area (Å²) in [7, 11) is 0. The average molecular weight is 387 g/mol. The maximum atomic E-state index is 2.48. The number of rotatable bonds is 3. The van der Waals surface area contributed by atoms with E-state index in [-0.39, 0.29) is 18.3 Å². The van der Waals surface area contributed by atoms with E-state index in [2.05, 4.69) is 103 Å². The van der Waals surface area contributed by atoms with Crippen molar-refractivity contribution < 1.29 is 0 Å². The van der Waals surface area contributed by atoms with E-state index in [0.717, 1.165) is 6.42 Å². The van der Waals surface area contributed by atoms with Crippen molar-refractivity contribution in [2.24, 2.45) is 17.3 Å². The van der Waals surface area contributed by atoms with Crippen LogP contribution in [0.4, 0.5) is 0 Å². The molecule has 0 amide bonds. The van der Waals surface area contributed by atoms with Gasteiger partial charge in [0.1, 0.15) is 0 Å². The normalized spacial score (nSPS) is 27.1. The minimum Gasteiger partial charge on any atom is -0.0908 e. The molecule has 1 aromatic rings. The molecule has 0 N–H and O–H groups in total. The Labute approximate surface area is 178 Å². The van der Waals surface area contributed by atoms with Crippen LogP contribution >= 0.6 is 0 Å². The van der Waals surface area contributed by atoms with Gasteiger partial charge in [0.2, 0.25) is 0 Å². The summed E-state index contributed by atoms with van der Waals surface area (Å²) in [6.07, 6.45) is 15.2. The predicted molar refractivity (Wildman–Crippen MR) is 130 cm³/mol. The highest BCUT2D eigenvalue weighted by molar-refractivity contribution is 5.96. The maximum absolute atomic E-state index is 2.48. The van der Waals surface area contributed by atoms with E-state index in [0.29, 0.717) is 11.8 Å². The van der Waals surface area contributed by atoms with E-state index >= 15 is 0 Å². The van der Waals surface area contributed by atoms with Gasteiger partial charge in [-0.05, 0) is 65.2 Å². The maximum Gasteiger partial charge on any atom is 0.0155 e. The van der Waals surface area contributed by atoms with E-state index in [1.807, 2.05) is 0 Å².